The van der Waals surface area contributed by atoms with Gasteiger partial charge in [0.05, 0.1) is 19.3 Å². The van der Waals surface area contributed by atoms with Crippen LogP contribution < -0.4 is 5.32 Å². The summed E-state index contributed by atoms with van der Waals surface area (Å²) in [6, 6.07) is 4.87. The van der Waals surface area contributed by atoms with Crippen LogP contribution in [0, 0.1) is 6.92 Å². The van der Waals surface area contributed by atoms with Crippen molar-refractivity contribution in [2.45, 2.75) is 25.9 Å². The van der Waals surface area contributed by atoms with E-state index in [-0.39, 0.29) is 0 Å². The highest BCUT2D eigenvalue weighted by Crippen LogP contribution is 2.16. The first kappa shape index (κ1) is 9.62. The van der Waals surface area contributed by atoms with Crippen LogP contribution in [-0.2, 0) is 4.74 Å². The summed E-state index contributed by atoms with van der Waals surface area (Å²) in [5.41, 5.74) is 2.26. The van der Waals surface area contributed by atoms with Crippen LogP contribution in [0.5, 0.6) is 0 Å². The first-order valence-electron chi connectivity index (χ1n) is 5.02. The molecule has 0 aliphatic carbocycles. The van der Waals surface area contributed by atoms with Crippen molar-refractivity contribution in [1.29, 1.82) is 0 Å². The van der Waals surface area contributed by atoms with E-state index in [0.29, 0.717) is 12.1 Å². The molecule has 76 valence electrons. The van der Waals surface area contributed by atoms with E-state index < -0.39 is 0 Å². The number of rotatable bonds is 1. The fourth-order valence-corrected chi connectivity index (χ4v) is 1.68. The molecule has 2 heterocycles. The number of morpholine rings is 1. The topological polar surface area (TPSA) is 34.1 Å². The summed E-state index contributed by atoms with van der Waals surface area (Å²) in [6.45, 7) is 5.68. The first-order chi connectivity index (χ1) is 6.75. The molecule has 2 unspecified atom stereocenters. The van der Waals surface area contributed by atoms with Crippen molar-refractivity contribution in [2.24, 2.45) is 0 Å². The van der Waals surface area contributed by atoms with Crippen molar-refractivity contribution in [3.63, 3.8) is 0 Å². The third kappa shape index (κ3) is 2.11. The summed E-state index contributed by atoms with van der Waals surface area (Å²) in [5.74, 6) is 0. The number of hydrogen-bond acceptors (Lipinski definition) is 3. The smallest absolute Gasteiger partial charge is 0.0662 e. The molecule has 14 heavy (non-hydrogen) atoms. The molecule has 1 aromatic heterocycles. The maximum absolute atomic E-state index is 5.49. The Kier molecular flexibility index (Phi) is 2.79. The summed E-state index contributed by atoms with van der Waals surface area (Å²) in [7, 11) is 0. The molecule has 0 saturated carbocycles. The van der Waals surface area contributed by atoms with Gasteiger partial charge in [-0.2, -0.15) is 0 Å². The average molecular weight is 192 g/mol. The minimum absolute atomic E-state index is 0.298. The van der Waals surface area contributed by atoms with Gasteiger partial charge in [0, 0.05) is 17.9 Å². The van der Waals surface area contributed by atoms with Crippen molar-refractivity contribution < 1.29 is 4.74 Å². The van der Waals surface area contributed by atoms with E-state index in [0.717, 1.165) is 18.9 Å². The molecule has 3 heteroatoms. The number of hydrogen-bond donors (Lipinski definition) is 1. The Hall–Kier alpha value is -0.930. The highest BCUT2D eigenvalue weighted by molar-refractivity contribution is 5.17. The van der Waals surface area contributed by atoms with E-state index in [4.69, 9.17) is 4.74 Å². The van der Waals surface area contributed by atoms with Crippen LogP contribution in [0.25, 0.3) is 0 Å². The molecule has 1 fully saturated rings. The molecule has 0 amide bonds. The number of aryl methyl sites for hydroxylation is 1. The fraction of sp³-hybridized carbons (Fsp3) is 0.545. The summed E-state index contributed by atoms with van der Waals surface area (Å²) in [6.07, 6.45) is 1.92. The van der Waals surface area contributed by atoms with Gasteiger partial charge in [0.2, 0.25) is 0 Å². The van der Waals surface area contributed by atoms with Gasteiger partial charge in [-0.15, -0.1) is 0 Å². The third-order valence-corrected chi connectivity index (χ3v) is 2.47. The quantitative estimate of drug-likeness (QED) is 0.731. The Bertz CT molecular complexity index is 297. The second kappa shape index (κ2) is 4.07. The third-order valence-electron chi connectivity index (χ3n) is 2.47. The molecule has 0 aromatic carbocycles. The second-order valence-electron chi connectivity index (χ2n) is 3.89. The summed E-state index contributed by atoms with van der Waals surface area (Å²) >= 11 is 0. The molecule has 1 aliphatic rings. The van der Waals surface area contributed by atoms with Crippen LogP contribution >= 0.6 is 0 Å². The highest BCUT2D eigenvalue weighted by atomic mass is 16.5. The number of nitrogens with one attached hydrogen (secondary N) is 1. The van der Waals surface area contributed by atoms with Crippen molar-refractivity contribution in [3.8, 4) is 0 Å². The lowest BCUT2D eigenvalue weighted by atomic mass is 10.1. The van der Waals surface area contributed by atoms with Crippen molar-refractivity contribution in [3.05, 3.63) is 29.6 Å². The summed E-state index contributed by atoms with van der Waals surface area (Å²) in [5, 5.41) is 3.49. The zero-order chi connectivity index (χ0) is 9.97. The lowest BCUT2D eigenvalue weighted by Crippen LogP contribution is -2.41. The highest BCUT2D eigenvalue weighted by Gasteiger charge is 2.19. The molecule has 1 N–H and O–H groups in total. The fourth-order valence-electron chi connectivity index (χ4n) is 1.68. The molecule has 3 nitrogen and oxygen atoms in total. The molecule has 0 radical (unpaired) electrons. The minimum atomic E-state index is 0.298. The van der Waals surface area contributed by atoms with E-state index in [1.807, 2.05) is 19.2 Å². The van der Waals surface area contributed by atoms with Gasteiger partial charge in [0.25, 0.3) is 0 Å². The standard InChI is InChI=1S/C11H16N2O/c1-8-3-4-10(5-12-8)11-7-14-6-9(2)13-11/h3-5,9,11,13H,6-7H2,1-2H3. The molecular weight excluding hydrogens is 176 g/mol. The predicted molar refractivity (Wildman–Crippen MR) is 55.1 cm³/mol. The van der Waals surface area contributed by atoms with Crippen LogP contribution in [-0.4, -0.2) is 24.2 Å². The van der Waals surface area contributed by atoms with E-state index in [2.05, 4.69) is 23.3 Å². The lowest BCUT2D eigenvalue weighted by Gasteiger charge is -2.29. The van der Waals surface area contributed by atoms with Crippen LogP contribution in [0.2, 0.25) is 0 Å². The molecule has 0 spiro atoms. The normalized spacial score (nSPS) is 27.6. The van der Waals surface area contributed by atoms with Gasteiger partial charge in [-0.3, -0.25) is 4.98 Å². The van der Waals surface area contributed by atoms with Gasteiger partial charge in [-0.1, -0.05) is 6.07 Å². The largest absolute Gasteiger partial charge is 0.378 e. The molecule has 2 atom stereocenters. The molecule has 1 aromatic rings. The van der Waals surface area contributed by atoms with Gasteiger partial charge in [0.15, 0.2) is 0 Å². The molecular formula is C11H16N2O. The number of aromatic nitrogens is 1. The number of pyridine rings is 1. The Labute approximate surface area is 84.5 Å². The summed E-state index contributed by atoms with van der Waals surface area (Å²) < 4.78 is 5.49. The van der Waals surface area contributed by atoms with Gasteiger partial charge < -0.3 is 10.1 Å². The average Bonchev–Trinajstić information content (AvgIpc) is 2.19. The van der Waals surface area contributed by atoms with Crippen molar-refractivity contribution in [2.75, 3.05) is 13.2 Å². The maximum Gasteiger partial charge on any atom is 0.0662 e. The van der Waals surface area contributed by atoms with Crippen LogP contribution in [0.4, 0.5) is 0 Å². The van der Waals surface area contributed by atoms with Gasteiger partial charge in [-0.05, 0) is 25.5 Å². The predicted octanol–water partition coefficient (Wildman–Crippen LogP) is 1.44. The van der Waals surface area contributed by atoms with Gasteiger partial charge in [0.1, 0.15) is 0 Å². The Morgan fingerprint density at radius 1 is 1.43 bits per heavy atom. The van der Waals surface area contributed by atoms with Crippen molar-refractivity contribution in [1.82, 2.24) is 10.3 Å². The van der Waals surface area contributed by atoms with E-state index >= 15 is 0 Å². The lowest BCUT2D eigenvalue weighted by molar-refractivity contribution is 0.0503. The number of nitrogens with zero attached hydrogens (tertiary/aromatic N) is 1. The second-order valence-corrected chi connectivity index (χ2v) is 3.89. The zero-order valence-electron chi connectivity index (χ0n) is 8.66. The van der Waals surface area contributed by atoms with E-state index in [1.165, 1.54) is 5.56 Å². The molecule has 2 rings (SSSR count). The zero-order valence-corrected chi connectivity index (χ0v) is 8.66. The first-order valence-corrected chi connectivity index (χ1v) is 5.02. The van der Waals surface area contributed by atoms with Crippen LogP contribution in [0.3, 0.4) is 0 Å². The Morgan fingerprint density at radius 3 is 2.93 bits per heavy atom. The molecule has 0 bridgehead atoms. The van der Waals surface area contributed by atoms with Crippen molar-refractivity contribution >= 4 is 0 Å². The number of ether oxygens (including phenoxy) is 1. The molecule has 1 aliphatic heterocycles. The maximum atomic E-state index is 5.49. The Balaban J connectivity index is 2.10. The van der Waals surface area contributed by atoms with E-state index in [1.54, 1.807) is 0 Å². The SMILES string of the molecule is Cc1ccc(C2COCC(C)N2)cn1. The van der Waals surface area contributed by atoms with Crippen LogP contribution in [0.1, 0.15) is 24.2 Å². The monoisotopic (exact) mass is 192 g/mol. The molecule has 1 saturated heterocycles. The van der Waals surface area contributed by atoms with Gasteiger partial charge >= 0.3 is 0 Å². The minimum Gasteiger partial charge on any atom is -0.378 e. The Morgan fingerprint density at radius 2 is 2.29 bits per heavy atom. The van der Waals surface area contributed by atoms with E-state index in [9.17, 15) is 0 Å². The van der Waals surface area contributed by atoms with Gasteiger partial charge in [-0.25, -0.2) is 0 Å². The van der Waals surface area contributed by atoms with Crippen LogP contribution in [0.15, 0.2) is 18.3 Å². The summed E-state index contributed by atoms with van der Waals surface area (Å²) in [4.78, 5) is 4.28.